The summed E-state index contributed by atoms with van der Waals surface area (Å²) >= 11 is 1.55. The molecule has 1 unspecified atom stereocenters. The zero-order chi connectivity index (χ0) is 14.3. The third-order valence-electron chi connectivity index (χ3n) is 3.93. The van der Waals surface area contributed by atoms with Crippen molar-refractivity contribution < 1.29 is 4.79 Å². The number of benzene rings is 1. The van der Waals surface area contributed by atoms with Gasteiger partial charge in [0.25, 0.3) is 5.91 Å². The summed E-state index contributed by atoms with van der Waals surface area (Å²) in [6, 6.07) is 8.23. The van der Waals surface area contributed by atoms with E-state index in [2.05, 4.69) is 19.0 Å². The molecule has 1 amide bonds. The summed E-state index contributed by atoms with van der Waals surface area (Å²) in [6.45, 7) is 1.67. The van der Waals surface area contributed by atoms with Crippen LogP contribution in [0.4, 0.5) is 5.69 Å². The highest BCUT2D eigenvalue weighted by molar-refractivity contribution is 7.20. The van der Waals surface area contributed by atoms with Crippen LogP contribution < -0.4 is 5.73 Å². The van der Waals surface area contributed by atoms with Gasteiger partial charge in [0, 0.05) is 29.5 Å². The largest absolute Gasteiger partial charge is 0.399 e. The molecule has 2 heterocycles. The third-order valence-corrected chi connectivity index (χ3v) is 5.04. The molecule has 1 aliphatic rings. The fourth-order valence-corrected chi connectivity index (χ4v) is 3.68. The lowest BCUT2D eigenvalue weighted by Crippen LogP contribution is -2.34. The topological polar surface area (TPSA) is 49.6 Å². The van der Waals surface area contributed by atoms with Gasteiger partial charge in [0.1, 0.15) is 0 Å². The zero-order valence-corrected chi connectivity index (χ0v) is 12.6. The fourth-order valence-electron chi connectivity index (χ4n) is 2.67. The van der Waals surface area contributed by atoms with E-state index in [9.17, 15) is 4.79 Å². The zero-order valence-electron chi connectivity index (χ0n) is 11.8. The van der Waals surface area contributed by atoms with E-state index in [4.69, 9.17) is 5.73 Å². The summed E-state index contributed by atoms with van der Waals surface area (Å²) in [5.41, 5.74) is 6.53. The number of nitrogens with two attached hydrogens (primary N) is 1. The SMILES string of the molecule is CN(C)C1CCN(C(=O)c2cc3cc(N)ccc3s2)C1. The molecule has 2 N–H and O–H groups in total. The van der Waals surface area contributed by atoms with Crippen molar-refractivity contribution in [1.29, 1.82) is 0 Å². The molecule has 20 heavy (non-hydrogen) atoms. The summed E-state index contributed by atoms with van der Waals surface area (Å²) in [7, 11) is 4.14. The minimum Gasteiger partial charge on any atom is -0.399 e. The third kappa shape index (κ3) is 2.39. The highest BCUT2D eigenvalue weighted by Crippen LogP contribution is 2.29. The van der Waals surface area contributed by atoms with Crippen molar-refractivity contribution in [3.05, 3.63) is 29.1 Å². The standard InChI is InChI=1S/C15H19N3OS/c1-17(2)12-5-6-18(9-12)15(19)14-8-10-7-11(16)3-4-13(10)20-14/h3-4,7-8,12H,5-6,9,16H2,1-2H3. The molecule has 3 rings (SSSR count). The minimum atomic E-state index is 0.147. The molecule has 1 aromatic heterocycles. The normalized spacial score (nSPS) is 19.1. The Labute approximate surface area is 122 Å². The molecule has 0 spiro atoms. The van der Waals surface area contributed by atoms with E-state index in [1.54, 1.807) is 11.3 Å². The van der Waals surface area contributed by atoms with E-state index >= 15 is 0 Å². The lowest BCUT2D eigenvalue weighted by molar-refractivity contribution is 0.0788. The average Bonchev–Trinajstić information content (AvgIpc) is 3.03. The molecule has 5 heteroatoms. The smallest absolute Gasteiger partial charge is 0.264 e. The van der Waals surface area contributed by atoms with Crippen molar-refractivity contribution in [2.45, 2.75) is 12.5 Å². The molecule has 0 radical (unpaired) electrons. The van der Waals surface area contributed by atoms with Crippen LogP contribution in [0.5, 0.6) is 0 Å². The molecule has 0 aliphatic carbocycles. The molecule has 2 aromatic rings. The Kier molecular flexibility index (Phi) is 3.40. The van der Waals surface area contributed by atoms with Gasteiger partial charge in [-0.25, -0.2) is 0 Å². The molecule has 0 saturated carbocycles. The second kappa shape index (κ2) is 5.07. The van der Waals surface area contributed by atoms with Crippen molar-refractivity contribution >= 4 is 33.0 Å². The summed E-state index contributed by atoms with van der Waals surface area (Å²) in [5.74, 6) is 0.147. The minimum absolute atomic E-state index is 0.147. The Morgan fingerprint density at radius 3 is 2.90 bits per heavy atom. The Bertz CT molecular complexity index is 650. The van der Waals surface area contributed by atoms with Crippen LogP contribution in [0.3, 0.4) is 0 Å². The summed E-state index contributed by atoms with van der Waals surface area (Å²) in [5, 5.41) is 1.06. The van der Waals surface area contributed by atoms with Crippen molar-refractivity contribution in [2.24, 2.45) is 0 Å². The van der Waals surface area contributed by atoms with Gasteiger partial charge in [0.15, 0.2) is 0 Å². The second-order valence-corrected chi connectivity index (χ2v) is 6.65. The van der Waals surface area contributed by atoms with Gasteiger partial charge in [-0.15, -0.1) is 11.3 Å². The second-order valence-electron chi connectivity index (χ2n) is 5.57. The van der Waals surface area contributed by atoms with Crippen LogP contribution in [0.2, 0.25) is 0 Å². The molecule has 4 nitrogen and oxygen atoms in total. The molecular weight excluding hydrogens is 270 g/mol. The van der Waals surface area contributed by atoms with E-state index in [-0.39, 0.29) is 5.91 Å². The molecular formula is C15H19N3OS. The number of hydrogen-bond donors (Lipinski definition) is 1. The summed E-state index contributed by atoms with van der Waals surface area (Å²) in [6.07, 6.45) is 1.05. The van der Waals surface area contributed by atoms with Crippen molar-refractivity contribution in [3.63, 3.8) is 0 Å². The van der Waals surface area contributed by atoms with Crippen LogP contribution in [0.25, 0.3) is 10.1 Å². The molecule has 1 saturated heterocycles. The van der Waals surface area contributed by atoms with Gasteiger partial charge in [-0.3, -0.25) is 4.79 Å². The number of amides is 1. The van der Waals surface area contributed by atoms with E-state index in [0.29, 0.717) is 6.04 Å². The van der Waals surface area contributed by atoms with Gasteiger partial charge in [-0.1, -0.05) is 0 Å². The van der Waals surface area contributed by atoms with E-state index in [0.717, 1.165) is 40.2 Å². The predicted octanol–water partition coefficient (Wildman–Crippen LogP) is 2.26. The highest BCUT2D eigenvalue weighted by atomic mass is 32.1. The van der Waals surface area contributed by atoms with Crippen molar-refractivity contribution in [3.8, 4) is 0 Å². The lowest BCUT2D eigenvalue weighted by Gasteiger charge is -2.19. The van der Waals surface area contributed by atoms with Crippen LogP contribution in [0.15, 0.2) is 24.3 Å². The maximum atomic E-state index is 12.6. The maximum Gasteiger partial charge on any atom is 0.264 e. The Balaban J connectivity index is 1.82. The number of hydrogen-bond acceptors (Lipinski definition) is 4. The van der Waals surface area contributed by atoms with Crippen molar-refractivity contribution in [1.82, 2.24) is 9.80 Å². The Morgan fingerprint density at radius 1 is 1.40 bits per heavy atom. The van der Waals surface area contributed by atoms with Gasteiger partial charge < -0.3 is 15.5 Å². The summed E-state index contributed by atoms with van der Waals surface area (Å²) in [4.78, 5) is 17.5. The van der Waals surface area contributed by atoms with E-state index in [1.807, 2.05) is 29.2 Å². The number of nitrogens with zero attached hydrogens (tertiary/aromatic N) is 2. The molecule has 1 fully saturated rings. The quantitative estimate of drug-likeness (QED) is 0.863. The molecule has 1 aromatic carbocycles. The van der Waals surface area contributed by atoms with Gasteiger partial charge >= 0.3 is 0 Å². The van der Waals surface area contributed by atoms with Crippen LogP contribution >= 0.6 is 11.3 Å². The number of thiophene rings is 1. The van der Waals surface area contributed by atoms with Gasteiger partial charge in [-0.2, -0.15) is 0 Å². The maximum absolute atomic E-state index is 12.6. The van der Waals surface area contributed by atoms with Gasteiger partial charge in [-0.05, 0) is 50.2 Å². The first-order valence-electron chi connectivity index (χ1n) is 6.79. The lowest BCUT2D eigenvalue weighted by atomic mass is 10.2. The number of likely N-dealkylation sites (tertiary alicyclic amines) is 1. The van der Waals surface area contributed by atoms with Crippen LogP contribution in [0, 0.1) is 0 Å². The number of rotatable bonds is 2. The molecule has 0 bridgehead atoms. The first kappa shape index (κ1) is 13.4. The van der Waals surface area contributed by atoms with Crippen molar-refractivity contribution in [2.75, 3.05) is 32.9 Å². The van der Waals surface area contributed by atoms with Gasteiger partial charge in [0.05, 0.1) is 4.88 Å². The fraction of sp³-hybridized carbons (Fsp3) is 0.400. The first-order chi connectivity index (χ1) is 9.54. The average molecular weight is 289 g/mol. The molecule has 1 aliphatic heterocycles. The molecule has 1 atom stereocenters. The number of carbonyl (C=O) groups is 1. The number of nitrogen functional groups attached to an aromatic ring is 1. The number of carbonyl (C=O) groups excluding carboxylic acids is 1. The van der Waals surface area contributed by atoms with E-state index in [1.165, 1.54) is 0 Å². The van der Waals surface area contributed by atoms with Crippen LogP contribution in [-0.4, -0.2) is 48.9 Å². The van der Waals surface area contributed by atoms with Crippen LogP contribution in [0.1, 0.15) is 16.1 Å². The number of likely N-dealkylation sites (N-methyl/N-ethyl adjacent to an activating group) is 1. The predicted molar refractivity (Wildman–Crippen MR) is 84.2 cm³/mol. The van der Waals surface area contributed by atoms with Crippen LogP contribution in [-0.2, 0) is 0 Å². The number of anilines is 1. The Hall–Kier alpha value is -1.59. The van der Waals surface area contributed by atoms with E-state index < -0.39 is 0 Å². The summed E-state index contributed by atoms with van der Waals surface area (Å²) < 4.78 is 1.12. The van der Waals surface area contributed by atoms with Gasteiger partial charge in [0.2, 0.25) is 0 Å². The first-order valence-corrected chi connectivity index (χ1v) is 7.61. The highest BCUT2D eigenvalue weighted by Gasteiger charge is 2.28. The Morgan fingerprint density at radius 2 is 2.20 bits per heavy atom. The monoisotopic (exact) mass is 289 g/mol. The molecule has 106 valence electrons. The number of fused-ring (bicyclic) bond motifs is 1.